The molecule has 0 saturated carbocycles. The molecule has 2 aromatic rings. The van der Waals surface area contributed by atoms with Gasteiger partial charge in [0.25, 0.3) is 5.91 Å². The largest absolute Gasteiger partial charge is 0.381 e. The van der Waals surface area contributed by atoms with Crippen molar-refractivity contribution in [1.29, 1.82) is 0 Å². The number of benzene rings is 1. The fourth-order valence-electron chi connectivity index (χ4n) is 2.53. The normalized spacial score (nSPS) is 17.3. The van der Waals surface area contributed by atoms with Crippen LogP contribution in [0.2, 0.25) is 0 Å². The van der Waals surface area contributed by atoms with E-state index in [4.69, 9.17) is 9.26 Å². The van der Waals surface area contributed by atoms with Crippen molar-refractivity contribution in [2.75, 3.05) is 19.8 Å². The second-order valence-electron chi connectivity index (χ2n) is 6.02. The van der Waals surface area contributed by atoms with E-state index in [0.29, 0.717) is 31.5 Å². The molecule has 1 aromatic carbocycles. The number of hydrogen-bond donors (Lipinski definition) is 2. The standard InChI is InChI=1S/C16H20N4O5S/c1-11-19-15(20-25-11)9-17-16(21)13-3-2-4-14(7-13)26(22,23)18-8-12-5-6-24-10-12/h2-4,7,12,18H,5-6,8-10H2,1H3,(H,17,21)/t12-/m1/s1. The molecule has 1 saturated heterocycles. The van der Waals surface area contributed by atoms with Crippen LogP contribution >= 0.6 is 0 Å². The van der Waals surface area contributed by atoms with Crippen LogP contribution in [-0.4, -0.2) is 44.2 Å². The number of amides is 1. The smallest absolute Gasteiger partial charge is 0.251 e. The predicted molar refractivity (Wildman–Crippen MR) is 90.8 cm³/mol. The molecule has 3 rings (SSSR count). The Bertz CT molecular complexity index is 874. The van der Waals surface area contributed by atoms with Crippen LogP contribution in [0.15, 0.2) is 33.7 Å². The maximum absolute atomic E-state index is 12.4. The van der Waals surface area contributed by atoms with Crippen molar-refractivity contribution in [1.82, 2.24) is 20.2 Å². The zero-order valence-electron chi connectivity index (χ0n) is 14.3. The maximum atomic E-state index is 12.4. The van der Waals surface area contributed by atoms with Gasteiger partial charge in [-0.05, 0) is 30.5 Å². The Balaban J connectivity index is 1.63. The van der Waals surface area contributed by atoms with Crippen LogP contribution in [0.5, 0.6) is 0 Å². The average Bonchev–Trinajstić information content (AvgIpc) is 3.29. The topological polar surface area (TPSA) is 123 Å². The van der Waals surface area contributed by atoms with Crippen LogP contribution in [0, 0.1) is 12.8 Å². The summed E-state index contributed by atoms with van der Waals surface area (Å²) in [6, 6.07) is 5.86. The number of carbonyl (C=O) groups excluding carboxylic acids is 1. The molecule has 0 radical (unpaired) electrons. The summed E-state index contributed by atoms with van der Waals surface area (Å²) in [4.78, 5) is 16.3. The van der Waals surface area contributed by atoms with Crippen molar-refractivity contribution in [2.24, 2.45) is 5.92 Å². The number of aromatic nitrogens is 2. The first-order chi connectivity index (χ1) is 12.4. The third kappa shape index (κ3) is 4.65. The van der Waals surface area contributed by atoms with Gasteiger partial charge in [0.05, 0.1) is 18.0 Å². The van der Waals surface area contributed by atoms with E-state index in [0.717, 1.165) is 6.42 Å². The van der Waals surface area contributed by atoms with E-state index in [2.05, 4.69) is 20.2 Å². The van der Waals surface area contributed by atoms with Crippen LogP contribution in [0.25, 0.3) is 0 Å². The molecule has 9 nitrogen and oxygen atoms in total. The molecule has 1 aromatic heterocycles. The summed E-state index contributed by atoms with van der Waals surface area (Å²) in [6.45, 7) is 3.27. The highest BCUT2D eigenvalue weighted by Gasteiger charge is 2.21. The highest BCUT2D eigenvalue weighted by Crippen LogP contribution is 2.15. The first-order valence-corrected chi connectivity index (χ1v) is 9.67. The van der Waals surface area contributed by atoms with E-state index in [-0.39, 0.29) is 22.9 Å². The van der Waals surface area contributed by atoms with Gasteiger partial charge in [-0.2, -0.15) is 4.98 Å². The molecule has 2 N–H and O–H groups in total. The Kier molecular flexibility index (Phi) is 5.64. The molecule has 0 spiro atoms. The SMILES string of the molecule is Cc1nc(CNC(=O)c2cccc(S(=O)(=O)NC[C@H]3CCOC3)c2)no1. The summed E-state index contributed by atoms with van der Waals surface area (Å²) >= 11 is 0. The molecule has 26 heavy (non-hydrogen) atoms. The van der Waals surface area contributed by atoms with E-state index in [1.54, 1.807) is 13.0 Å². The van der Waals surface area contributed by atoms with Crippen LogP contribution in [0.1, 0.15) is 28.5 Å². The number of carbonyl (C=O) groups is 1. The number of aryl methyl sites for hydroxylation is 1. The van der Waals surface area contributed by atoms with Crippen LogP contribution in [0.4, 0.5) is 0 Å². The number of nitrogens with zero attached hydrogens (tertiary/aromatic N) is 2. The average molecular weight is 380 g/mol. The molecule has 0 bridgehead atoms. The van der Waals surface area contributed by atoms with E-state index in [1.807, 2.05) is 0 Å². The quantitative estimate of drug-likeness (QED) is 0.722. The summed E-state index contributed by atoms with van der Waals surface area (Å²) in [5, 5.41) is 6.31. The second-order valence-corrected chi connectivity index (χ2v) is 7.79. The Hall–Kier alpha value is -2.30. The monoisotopic (exact) mass is 380 g/mol. The van der Waals surface area contributed by atoms with Gasteiger partial charge in [0.15, 0.2) is 5.82 Å². The molecule has 2 heterocycles. The first-order valence-electron chi connectivity index (χ1n) is 8.19. The third-order valence-electron chi connectivity index (χ3n) is 3.97. The lowest BCUT2D eigenvalue weighted by Crippen LogP contribution is -2.30. The summed E-state index contributed by atoms with van der Waals surface area (Å²) < 4.78 is 37.5. The molecule has 1 fully saturated rings. The lowest BCUT2D eigenvalue weighted by atomic mass is 10.1. The van der Waals surface area contributed by atoms with Crippen LogP contribution in [-0.2, 0) is 21.3 Å². The minimum Gasteiger partial charge on any atom is -0.381 e. The second kappa shape index (κ2) is 7.94. The highest BCUT2D eigenvalue weighted by molar-refractivity contribution is 7.89. The van der Waals surface area contributed by atoms with Crippen molar-refractivity contribution in [3.8, 4) is 0 Å². The minimum atomic E-state index is -3.69. The molecule has 140 valence electrons. The highest BCUT2D eigenvalue weighted by atomic mass is 32.2. The van der Waals surface area contributed by atoms with E-state index in [1.165, 1.54) is 18.2 Å². The van der Waals surface area contributed by atoms with Gasteiger partial charge in [0.1, 0.15) is 0 Å². The summed E-state index contributed by atoms with van der Waals surface area (Å²) in [7, 11) is -3.69. The first kappa shape index (κ1) is 18.5. The Labute approximate surface area is 151 Å². The van der Waals surface area contributed by atoms with Gasteiger partial charge < -0.3 is 14.6 Å². The van der Waals surface area contributed by atoms with Crippen molar-refractivity contribution in [3.05, 3.63) is 41.5 Å². The fourth-order valence-corrected chi connectivity index (χ4v) is 3.70. The molecule has 10 heteroatoms. The van der Waals surface area contributed by atoms with Gasteiger partial charge in [-0.1, -0.05) is 11.2 Å². The maximum Gasteiger partial charge on any atom is 0.251 e. The van der Waals surface area contributed by atoms with Gasteiger partial charge in [0, 0.05) is 25.6 Å². The predicted octanol–water partition coefficient (Wildman–Crippen LogP) is 0.623. The number of nitrogens with one attached hydrogen (secondary N) is 2. The Morgan fingerprint density at radius 1 is 1.38 bits per heavy atom. The zero-order valence-corrected chi connectivity index (χ0v) is 15.1. The Morgan fingerprint density at radius 2 is 2.23 bits per heavy atom. The number of hydrogen-bond acceptors (Lipinski definition) is 7. The Morgan fingerprint density at radius 3 is 2.92 bits per heavy atom. The molecule has 1 atom stereocenters. The molecule has 1 aliphatic heterocycles. The molecule has 0 aliphatic carbocycles. The van der Waals surface area contributed by atoms with Gasteiger partial charge in [-0.15, -0.1) is 0 Å². The zero-order chi connectivity index (χ0) is 18.6. The van der Waals surface area contributed by atoms with Crippen molar-refractivity contribution >= 4 is 15.9 Å². The molecular formula is C16H20N4O5S. The van der Waals surface area contributed by atoms with E-state index in [9.17, 15) is 13.2 Å². The number of sulfonamides is 1. The molecule has 1 aliphatic rings. The number of ether oxygens (including phenoxy) is 1. The van der Waals surface area contributed by atoms with Gasteiger partial charge in [0.2, 0.25) is 15.9 Å². The van der Waals surface area contributed by atoms with Crippen LogP contribution in [0.3, 0.4) is 0 Å². The molecular weight excluding hydrogens is 360 g/mol. The van der Waals surface area contributed by atoms with Gasteiger partial charge in [-0.25, -0.2) is 13.1 Å². The minimum absolute atomic E-state index is 0.0412. The van der Waals surface area contributed by atoms with Crippen molar-refractivity contribution in [2.45, 2.75) is 24.8 Å². The lowest BCUT2D eigenvalue weighted by Gasteiger charge is -2.11. The van der Waals surface area contributed by atoms with Crippen molar-refractivity contribution in [3.63, 3.8) is 0 Å². The number of rotatable bonds is 7. The summed E-state index contributed by atoms with van der Waals surface area (Å²) in [5.41, 5.74) is 0.234. The van der Waals surface area contributed by atoms with Gasteiger partial charge in [-0.3, -0.25) is 4.79 Å². The van der Waals surface area contributed by atoms with Crippen molar-refractivity contribution < 1.29 is 22.5 Å². The fraction of sp³-hybridized carbons (Fsp3) is 0.438. The van der Waals surface area contributed by atoms with Gasteiger partial charge >= 0.3 is 0 Å². The third-order valence-corrected chi connectivity index (χ3v) is 5.39. The summed E-state index contributed by atoms with van der Waals surface area (Å²) in [6.07, 6.45) is 0.834. The van der Waals surface area contributed by atoms with Crippen LogP contribution < -0.4 is 10.0 Å². The molecule has 0 unspecified atom stereocenters. The van der Waals surface area contributed by atoms with E-state index < -0.39 is 15.9 Å². The molecule has 1 amide bonds. The van der Waals surface area contributed by atoms with E-state index >= 15 is 0 Å². The lowest BCUT2D eigenvalue weighted by molar-refractivity contribution is 0.0949. The summed E-state index contributed by atoms with van der Waals surface area (Å²) in [5.74, 6) is 0.504.